The van der Waals surface area contributed by atoms with Crippen molar-refractivity contribution in [2.45, 2.75) is 45.1 Å². The first-order valence-electron chi connectivity index (χ1n) is 7.80. The first-order valence-corrected chi connectivity index (χ1v) is 7.80. The number of amides is 2. The highest BCUT2D eigenvalue weighted by Gasteiger charge is 2.32. The molecule has 2 rings (SSSR count). The molecule has 1 saturated heterocycles. The van der Waals surface area contributed by atoms with Crippen LogP contribution >= 0.6 is 0 Å². The molecule has 22 heavy (non-hydrogen) atoms. The lowest BCUT2D eigenvalue weighted by atomic mass is 9.96. The van der Waals surface area contributed by atoms with Crippen LogP contribution in [0.1, 0.15) is 43.2 Å². The van der Waals surface area contributed by atoms with Gasteiger partial charge in [-0.15, -0.1) is 0 Å². The van der Waals surface area contributed by atoms with Gasteiger partial charge in [-0.2, -0.15) is 0 Å². The van der Waals surface area contributed by atoms with E-state index in [2.05, 4.69) is 43.4 Å². The Morgan fingerprint density at radius 3 is 2.64 bits per heavy atom. The number of aryl methyl sites for hydroxylation is 1. The van der Waals surface area contributed by atoms with Crippen LogP contribution in [0, 0.1) is 6.92 Å². The van der Waals surface area contributed by atoms with Gasteiger partial charge < -0.3 is 15.3 Å². The van der Waals surface area contributed by atoms with Gasteiger partial charge in [0, 0.05) is 31.5 Å². The molecule has 120 valence electrons. The maximum atomic E-state index is 12.2. The molecule has 0 spiro atoms. The van der Waals surface area contributed by atoms with Crippen LogP contribution in [0.2, 0.25) is 0 Å². The van der Waals surface area contributed by atoms with Gasteiger partial charge in [0.2, 0.25) is 0 Å². The fourth-order valence-corrected chi connectivity index (χ4v) is 2.93. The van der Waals surface area contributed by atoms with E-state index in [-0.39, 0.29) is 18.5 Å². The topological polar surface area (TPSA) is 69.6 Å². The molecule has 1 aromatic carbocycles. The largest absolute Gasteiger partial charge is 0.481 e. The summed E-state index contributed by atoms with van der Waals surface area (Å²) < 4.78 is 0. The second-order valence-electron chi connectivity index (χ2n) is 6.07. The Balaban J connectivity index is 1.86. The second-order valence-corrected chi connectivity index (χ2v) is 6.07. The molecule has 2 amide bonds. The lowest BCUT2D eigenvalue weighted by molar-refractivity contribution is -0.137. The van der Waals surface area contributed by atoms with E-state index in [1.807, 2.05) is 4.90 Å². The van der Waals surface area contributed by atoms with Crippen LogP contribution in [0.4, 0.5) is 4.79 Å². The number of carboxylic acids is 1. The summed E-state index contributed by atoms with van der Waals surface area (Å²) in [6.07, 6.45) is 1.51. The van der Waals surface area contributed by atoms with E-state index in [1.54, 1.807) is 0 Å². The average Bonchev–Trinajstić information content (AvgIpc) is 2.86. The number of nitrogens with zero attached hydrogens (tertiary/aromatic N) is 1. The number of carbonyl (C=O) groups is 2. The molecule has 0 radical (unpaired) electrons. The molecule has 0 bridgehead atoms. The molecule has 1 aliphatic heterocycles. The Bertz CT molecular complexity index is 527. The molecule has 1 heterocycles. The van der Waals surface area contributed by atoms with Gasteiger partial charge in [-0.3, -0.25) is 4.79 Å². The highest BCUT2D eigenvalue weighted by atomic mass is 16.4. The van der Waals surface area contributed by atoms with Gasteiger partial charge in [-0.05, 0) is 32.3 Å². The first kappa shape index (κ1) is 16.3. The van der Waals surface area contributed by atoms with Gasteiger partial charge in [-0.1, -0.05) is 29.8 Å². The first-order chi connectivity index (χ1) is 10.5. The molecule has 0 saturated carbocycles. The van der Waals surface area contributed by atoms with Crippen molar-refractivity contribution >= 4 is 12.0 Å². The Morgan fingerprint density at radius 1 is 1.32 bits per heavy atom. The molecule has 2 atom stereocenters. The summed E-state index contributed by atoms with van der Waals surface area (Å²) in [4.78, 5) is 24.5. The molecule has 5 heteroatoms. The Morgan fingerprint density at radius 2 is 2.00 bits per heavy atom. The second kappa shape index (κ2) is 7.29. The van der Waals surface area contributed by atoms with E-state index < -0.39 is 5.97 Å². The zero-order valence-corrected chi connectivity index (χ0v) is 13.2. The van der Waals surface area contributed by atoms with Gasteiger partial charge in [0.25, 0.3) is 0 Å². The third-order valence-electron chi connectivity index (χ3n) is 4.23. The SMILES string of the molecule is Cc1ccc(C2CC(C)N(C(=O)NCCCC(=O)O)C2)cc1. The van der Waals surface area contributed by atoms with Crippen LogP contribution in [0.25, 0.3) is 0 Å². The minimum Gasteiger partial charge on any atom is -0.481 e. The molecule has 1 aliphatic rings. The number of rotatable bonds is 5. The summed E-state index contributed by atoms with van der Waals surface area (Å²) in [6, 6.07) is 8.60. The standard InChI is InChI=1S/C17H24N2O3/c1-12-5-7-14(8-6-12)15-10-13(2)19(11-15)17(22)18-9-3-4-16(20)21/h5-8,13,15H,3-4,9-11H2,1-2H3,(H,18,22)(H,20,21). The van der Waals surface area contributed by atoms with Crippen molar-refractivity contribution in [2.24, 2.45) is 0 Å². The number of likely N-dealkylation sites (tertiary alicyclic amines) is 1. The van der Waals surface area contributed by atoms with E-state index >= 15 is 0 Å². The maximum absolute atomic E-state index is 12.2. The third kappa shape index (κ3) is 4.23. The maximum Gasteiger partial charge on any atom is 0.317 e. The van der Waals surface area contributed by atoms with Gasteiger partial charge >= 0.3 is 12.0 Å². The zero-order chi connectivity index (χ0) is 16.1. The van der Waals surface area contributed by atoms with Crippen LogP contribution in [-0.2, 0) is 4.79 Å². The van der Waals surface area contributed by atoms with Crippen molar-refractivity contribution in [3.05, 3.63) is 35.4 Å². The Hall–Kier alpha value is -2.04. The molecule has 0 aliphatic carbocycles. The summed E-state index contributed by atoms with van der Waals surface area (Å²) in [6.45, 7) is 5.25. The normalized spacial score (nSPS) is 20.9. The summed E-state index contributed by atoms with van der Waals surface area (Å²) in [5.41, 5.74) is 2.52. The van der Waals surface area contributed by atoms with Crippen LogP contribution in [0.5, 0.6) is 0 Å². The van der Waals surface area contributed by atoms with Crippen LogP contribution < -0.4 is 5.32 Å². The van der Waals surface area contributed by atoms with Crippen LogP contribution in [0.15, 0.2) is 24.3 Å². The zero-order valence-electron chi connectivity index (χ0n) is 13.2. The lowest BCUT2D eigenvalue weighted by Crippen LogP contribution is -2.42. The quantitative estimate of drug-likeness (QED) is 0.822. The van der Waals surface area contributed by atoms with Crippen molar-refractivity contribution in [3.8, 4) is 0 Å². The summed E-state index contributed by atoms with van der Waals surface area (Å²) in [5, 5.41) is 11.4. The molecular formula is C17H24N2O3. The number of nitrogens with one attached hydrogen (secondary N) is 1. The fraction of sp³-hybridized carbons (Fsp3) is 0.529. The minimum absolute atomic E-state index is 0.0851. The summed E-state index contributed by atoms with van der Waals surface area (Å²) in [7, 11) is 0. The van der Waals surface area contributed by atoms with E-state index in [1.165, 1.54) is 11.1 Å². The van der Waals surface area contributed by atoms with E-state index in [4.69, 9.17) is 5.11 Å². The van der Waals surface area contributed by atoms with Crippen molar-refractivity contribution in [1.82, 2.24) is 10.2 Å². The molecular weight excluding hydrogens is 280 g/mol. The highest BCUT2D eigenvalue weighted by molar-refractivity contribution is 5.75. The van der Waals surface area contributed by atoms with Crippen molar-refractivity contribution in [2.75, 3.05) is 13.1 Å². The number of urea groups is 1. The summed E-state index contributed by atoms with van der Waals surface area (Å²) >= 11 is 0. The van der Waals surface area contributed by atoms with Crippen LogP contribution in [-0.4, -0.2) is 41.1 Å². The van der Waals surface area contributed by atoms with Crippen molar-refractivity contribution in [3.63, 3.8) is 0 Å². The van der Waals surface area contributed by atoms with Gasteiger partial charge in [0.1, 0.15) is 0 Å². The van der Waals surface area contributed by atoms with Crippen molar-refractivity contribution in [1.29, 1.82) is 0 Å². The third-order valence-corrected chi connectivity index (χ3v) is 4.23. The smallest absolute Gasteiger partial charge is 0.317 e. The van der Waals surface area contributed by atoms with E-state index in [0.717, 1.165) is 13.0 Å². The average molecular weight is 304 g/mol. The Labute approximate surface area is 131 Å². The van der Waals surface area contributed by atoms with E-state index in [0.29, 0.717) is 18.9 Å². The number of carbonyl (C=O) groups excluding carboxylic acids is 1. The van der Waals surface area contributed by atoms with Gasteiger partial charge in [0.15, 0.2) is 0 Å². The predicted octanol–water partition coefficient (Wildman–Crippen LogP) is 2.75. The number of aliphatic carboxylic acids is 1. The molecule has 1 aromatic rings. The van der Waals surface area contributed by atoms with E-state index in [9.17, 15) is 9.59 Å². The Kier molecular flexibility index (Phi) is 5.41. The number of hydrogen-bond acceptors (Lipinski definition) is 2. The van der Waals surface area contributed by atoms with Gasteiger partial charge in [-0.25, -0.2) is 4.79 Å². The predicted molar refractivity (Wildman–Crippen MR) is 85.0 cm³/mol. The highest BCUT2D eigenvalue weighted by Crippen LogP contribution is 2.31. The number of hydrogen-bond donors (Lipinski definition) is 2. The monoisotopic (exact) mass is 304 g/mol. The van der Waals surface area contributed by atoms with Gasteiger partial charge in [0.05, 0.1) is 0 Å². The van der Waals surface area contributed by atoms with Crippen molar-refractivity contribution < 1.29 is 14.7 Å². The lowest BCUT2D eigenvalue weighted by Gasteiger charge is -2.22. The molecule has 1 fully saturated rings. The summed E-state index contributed by atoms with van der Waals surface area (Å²) in [5.74, 6) is -0.455. The number of carboxylic acid groups (broad SMARTS) is 1. The van der Waals surface area contributed by atoms with Crippen LogP contribution in [0.3, 0.4) is 0 Å². The molecule has 2 N–H and O–H groups in total. The fourth-order valence-electron chi connectivity index (χ4n) is 2.93. The molecule has 5 nitrogen and oxygen atoms in total. The minimum atomic E-state index is -0.830. The molecule has 0 aromatic heterocycles. The molecule has 2 unspecified atom stereocenters. The number of benzene rings is 1.